The first kappa shape index (κ1) is 20.0. The largest absolute Gasteiger partial charge is 0.418 e. The maximum atomic E-state index is 13.4. The quantitative estimate of drug-likeness (QED) is 0.857. The van der Waals surface area contributed by atoms with E-state index in [1.807, 2.05) is 17.8 Å². The van der Waals surface area contributed by atoms with Crippen molar-refractivity contribution in [1.29, 1.82) is 0 Å². The van der Waals surface area contributed by atoms with E-state index >= 15 is 0 Å². The van der Waals surface area contributed by atoms with Gasteiger partial charge in [0.2, 0.25) is 0 Å². The minimum absolute atomic E-state index is 0.225. The van der Waals surface area contributed by atoms with Crippen LogP contribution in [-0.2, 0) is 13.2 Å². The lowest BCUT2D eigenvalue weighted by Crippen LogP contribution is -2.41. The van der Waals surface area contributed by atoms with Crippen LogP contribution in [0.5, 0.6) is 0 Å². The number of hydrogen-bond donors (Lipinski definition) is 1. The molecule has 1 aromatic carbocycles. The summed E-state index contributed by atoms with van der Waals surface area (Å²) in [7, 11) is 5.21. The Bertz CT molecular complexity index is 838. The van der Waals surface area contributed by atoms with Crippen molar-refractivity contribution in [2.45, 2.75) is 24.9 Å². The van der Waals surface area contributed by atoms with Crippen molar-refractivity contribution in [2.24, 2.45) is 7.05 Å². The molecule has 9 heteroatoms. The summed E-state index contributed by atoms with van der Waals surface area (Å²) in [5.41, 5.74) is 0.453. The number of carbonyl (C=O) groups is 1. The molecule has 0 spiro atoms. The van der Waals surface area contributed by atoms with E-state index in [0.29, 0.717) is 24.7 Å². The second-order valence-electron chi connectivity index (χ2n) is 7.19. The third-order valence-corrected chi connectivity index (χ3v) is 5.13. The molecule has 1 aliphatic rings. The van der Waals surface area contributed by atoms with E-state index in [4.69, 9.17) is 0 Å². The van der Waals surface area contributed by atoms with Gasteiger partial charge in [-0.05, 0) is 37.1 Å². The summed E-state index contributed by atoms with van der Waals surface area (Å²) >= 11 is 0. The van der Waals surface area contributed by atoms with Gasteiger partial charge in [0.15, 0.2) is 0 Å². The Kier molecular flexibility index (Phi) is 5.53. The molecular formula is C19H24F3N5O. The summed E-state index contributed by atoms with van der Waals surface area (Å²) in [5, 5.41) is 6.61. The SMILES string of the molecule is CN(C)c1ccc(NC(=O)N2CCC(c3ccnn3C)CC2)c(C(F)(F)F)c1. The summed E-state index contributed by atoms with van der Waals surface area (Å²) in [6.07, 6.45) is -1.32. The molecule has 0 unspecified atom stereocenters. The minimum Gasteiger partial charge on any atom is -0.378 e. The molecule has 1 fully saturated rings. The molecule has 0 bridgehead atoms. The fourth-order valence-corrected chi connectivity index (χ4v) is 3.51. The normalized spacial score (nSPS) is 15.6. The smallest absolute Gasteiger partial charge is 0.378 e. The second-order valence-corrected chi connectivity index (χ2v) is 7.19. The summed E-state index contributed by atoms with van der Waals surface area (Å²) in [4.78, 5) is 15.7. The number of nitrogens with zero attached hydrogens (tertiary/aromatic N) is 4. The lowest BCUT2D eigenvalue weighted by Gasteiger charge is -2.32. The highest BCUT2D eigenvalue weighted by molar-refractivity contribution is 5.90. The number of carbonyl (C=O) groups excluding carboxylic acids is 1. The number of anilines is 2. The number of aromatic nitrogens is 2. The molecule has 1 saturated heterocycles. The van der Waals surface area contributed by atoms with Crippen molar-refractivity contribution >= 4 is 17.4 Å². The van der Waals surface area contributed by atoms with Crippen LogP contribution in [0.2, 0.25) is 0 Å². The summed E-state index contributed by atoms with van der Waals surface area (Å²) in [6.45, 7) is 0.970. The van der Waals surface area contributed by atoms with Gasteiger partial charge in [0, 0.05) is 57.7 Å². The zero-order valence-electron chi connectivity index (χ0n) is 16.1. The fraction of sp³-hybridized carbons (Fsp3) is 0.474. The van der Waals surface area contributed by atoms with Gasteiger partial charge >= 0.3 is 12.2 Å². The van der Waals surface area contributed by atoms with E-state index in [1.54, 1.807) is 36.2 Å². The highest BCUT2D eigenvalue weighted by Gasteiger charge is 2.35. The Morgan fingerprint density at radius 1 is 1.21 bits per heavy atom. The molecule has 6 nitrogen and oxygen atoms in total. The first-order valence-electron chi connectivity index (χ1n) is 9.09. The fourth-order valence-electron chi connectivity index (χ4n) is 3.51. The molecule has 0 atom stereocenters. The Morgan fingerprint density at radius 3 is 2.43 bits per heavy atom. The predicted octanol–water partition coefficient (Wildman–Crippen LogP) is 3.92. The maximum absolute atomic E-state index is 13.4. The molecule has 28 heavy (non-hydrogen) atoms. The van der Waals surface area contributed by atoms with Crippen molar-refractivity contribution in [1.82, 2.24) is 14.7 Å². The van der Waals surface area contributed by atoms with Crippen LogP contribution in [0.1, 0.15) is 30.0 Å². The molecule has 0 radical (unpaired) electrons. The molecule has 152 valence electrons. The van der Waals surface area contributed by atoms with Crippen molar-refractivity contribution in [3.63, 3.8) is 0 Å². The molecule has 2 amide bonds. The van der Waals surface area contributed by atoms with E-state index in [1.165, 1.54) is 6.07 Å². The van der Waals surface area contributed by atoms with Crippen molar-refractivity contribution < 1.29 is 18.0 Å². The van der Waals surface area contributed by atoms with Gasteiger partial charge in [-0.1, -0.05) is 0 Å². The number of rotatable bonds is 3. The molecule has 3 rings (SSSR count). The standard InChI is InChI=1S/C19H24F3N5O/c1-25(2)14-4-5-16(15(12-14)19(20,21)22)24-18(28)27-10-7-13(8-11-27)17-6-9-23-26(17)3/h4-6,9,12-13H,7-8,10-11H2,1-3H3,(H,24,28). The molecule has 2 aromatic rings. The topological polar surface area (TPSA) is 53.4 Å². The van der Waals surface area contributed by atoms with E-state index in [2.05, 4.69) is 10.4 Å². The van der Waals surface area contributed by atoms with Gasteiger partial charge in [0.05, 0.1) is 11.3 Å². The number of urea groups is 1. The van der Waals surface area contributed by atoms with Crippen LogP contribution in [0.3, 0.4) is 0 Å². The monoisotopic (exact) mass is 395 g/mol. The van der Waals surface area contributed by atoms with Gasteiger partial charge in [-0.3, -0.25) is 4.68 Å². The number of halogens is 3. The van der Waals surface area contributed by atoms with Crippen LogP contribution in [0, 0.1) is 0 Å². The molecular weight excluding hydrogens is 371 g/mol. The molecule has 1 aromatic heterocycles. The van der Waals surface area contributed by atoms with Crippen LogP contribution >= 0.6 is 0 Å². The zero-order chi connectivity index (χ0) is 20.5. The van der Waals surface area contributed by atoms with Crippen molar-refractivity contribution in [3.8, 4) is 0 Å². The van der Waals surface area contributed by atoms with E-state index in [-0.39, 0.29) is 5.69 Å². The third-order valence-electron chi connectivity index (χ3n) is 5.13. The number of aryl methyl sites for hydroxylation is 1. The molecule has 2 heterocycles. The third kappa shape index (κ3) is 4.23. The number of likely N-dealkylation sites (tertiary alicyclic amines) is 1. The first-order chi connectivity index (χ1) is 13.2. The molecule has 1 N–H and O–H groups in total. The Morgan fingerprint density at radius 2 is 1.89 bits per heavy atom. The Labute approximate surface area is 161 Å². The van der Waals surface area contributed by atoms with E-state index in [0.717, 1.165) is 24.6 Å². The van der Waals surface area contributed by atoms with Gasteiger partial charge in [-0.25, -0.2) is 4.79 Å². The van der Waals surface area contributed by atoms with Crippen molar-refractivity contribution in [2.75, 3.05) is 37.4 Å². The zero-order valence-corrected chi connectivity index (χ0v) is 16.1. The molecule has 0 aliphatic carbocycles. The lowest BCUT2D eigenvalue weighted by atomic mass is 9.93. The van der Waals surface area contributed by atoms with Crippen LogP contribution in [0.15, 0.2) is 30.5 Å². The maximum Gasteiger partial charge on any atom is 0.418 e. The molecule has 0 saturated carbocycles. The summed E-state index contributed by atoms with van der Waals surface area (Å²) < 4.78 is 42.1. The van der Waals surface area contributed by atoms with Crippen LogP contribution in [0.25, 0.3) is 0 Å². The highest BCUT2D eigenvalue weighted by Crippen LogP contribution is 2.37. The van der Waals surface area contributed by atoms with Crippen molar-refractivity contribution in [3.05, 3.63) is 41.7 Å². The predicted molar refractivity (Wildman–Crippen MR) is 102 cm³/mol. The average Bonchev–Trinajstić information content (AvgIpc) is 3.07. The van der Waals surface area contributed by atoms with E-state index in [9.17, 15) is 18.0 Å². The van der Waals surface area contributed by atoms with Gasteiger partial charge in [0.1, 0.15) is 0 Å². The summed E-state index contributed by atoms with van der Waals surface area (Å²) in [6, 6.07) is 5.36. The second kappa shape index (κ2) is 7.73. The minimum atomic E-state index is -4.55. The van der Waals surface area contributed by atoms with Gasteiger partial charge in [-0.2, -0.15) is 18.3 Å². The van der Waals surface area contributed by atoms with Crippen LogP contribution in [0.4, 0.5) is 29.3 Å². The van der Waals surface area contributed by atoms with Gasteiger partial charge < -0.3 is 15.1 Å². The van der Waals surface area contributed by atoms with Gasteiger partial charge in [0.25, 0.3) is 0 Å². The van der Waals surface area contributed by atoms with Crippen LogP contribution < -0.4 is 10.2 Å². The number of amides is 2. The van der Waals surface area contributed by atoms with E-state index < -0.39 is 17.8 Å². The van der Waals surface area contributed by atoms with Crippen LogP contribution in [-0.4, -0.2) is 47.9 Å². The number of benzene rings is 1. The Hall–Kier alpha value is -2.71. The number of hydrogen-bond acceptors (Lipinski definition) is 3. The number of piperidine rings is 1. The first-order valence-corrected chi connectivity index (χ1v) is 9.09. The number of nitrogens with one attached hydrogen (secondary N) is 1. The summed E-state index contributed by atoms with van der Waals surface area (Å²) in [5.74, 6) is 0.293. The lowest BCUT2D eigenvalue weighted by molar-refractivity contribution is -0.136. The molecule has 1 aliphatic heterocycles. The number of alkyl halides is 3. The highest BCUT2D eigenvalue weighted by atomic mass is 19.4. The van der Waals surface area contributed by atoms with Gasteiger partial charge in [-0.15, -0.1) is 0 Å². The average molecular weight is 395 g/mol. The Balaban J connectivity index is 1.69.